The predicted octanol–water partition coefficient (Wildman–Crippen LogP) is 2.18. The number of aliphatic hydroxyl groups is 1. The van der Waals surface area contributed by atoms with E-state index in [9.17, 15) is 5.11 Å². The van der Waals surface area contributed by atoms with Crippen molar-refractivity contribution in [3.8, 4) is 0 Å². The summed E-state index contributed by atoms with van der Waals surface area (Å²) in [4.78, 5) is 4.29. The molecule has 1 unspecified atom stereocenters. The summed E-state index contributed by atoms with van der Waals surface area (Å²) in [6, 6.07) is 10.3. The molecule has 0 saturated heterocycles. The van der Waals surface area contributed by atoms with Gasteiger partial charge in [-0.1, -0.05) is 30.3 Å². The molecule has 4 nitrogen and oxygen atoms in total. The van der Waals surface area contributed by atoms with Crippen LogP contribution in [0.15, 0.2) is 36.7 Å². The molecule has 0 saturated carbocycles. The third-order valence-corrected chi connectivity index (χ3v) is 3.06. The first kappa shape index (κ1) is 12.8. The van der Waals surface area contributed by atoms with Crippen LogP contribution in [-0.2, 0) is 6.42 Å². The molecule has 0 aliphatic heterocycles. The number of benzene rings is 1. The Bertz CT molecular complexity index is 479. The number of aromatic nitrogens is 3. The van der Waals surface area contributed by atoms with Gasteiger partial charge in [-0.15, -0.1) is 0 Å². The molecule has 18 heavy (non-hydrogen) atoms. The highest BCUT2D eigenvalue weighted by atomic mass is 16.3. The third-order valence-electron chi connectivity index (χ3n) is 3.06. The van der Waals surface area contributed by atoms with Gasteiger partial charge in [0.05, 0.1) is 6.61 Å². The summed E-state index contributed by atoms with van der Waals surface area (Å²) in [7, 11) is 0. The summed E-state index contributed by atoms with van der Waals surface area (Å²) in [5, 5.41) is 13.8. The van der Waals surface area contributed by atoms with Crippen LogP contribution in [0.4, 0.5) is 0 Å². The summed E-state index contributed by atoms with van der Waals surface area (Å²) in [5.41, 5.74) is 1.14. The van der Waals surface area contributed by atoms with Crippen molar-refractivity contribution in [3.05, 3.63) is 48.0 Å². The minimum Gasteiger partial charge on any atom is -0.396 e. The summed E-state index contributed by atoms with van der Waals surface area (Å²) in [6.07, 6.45) is 2.29. The van der Waals surface area contributed by atoms with Crippen molar-refractivity contribution in [1.29, 1.82) is 0 Å². The third kappa shape index (κ3) is 2.76. The molecule has 1 atom stereocenters. The second-order valence-electron chi connectivity index (χ2n) is 4.71. The molecule has 0 bridgehead atoms. The van der Waals surface area contributed by atoms with Gasteiger partial charge in [-0.25, -0.2) is 9.67 Å². The Balaban J connectivity index is 2.18. The van der Waals surface area contributed by atoms with E-state index in [-0.39, 0.29) is 18.6 Å². The van der Waals surface area contributed by atoms with Crippen molar-refractivity contribution >= 4 is 0 Å². The molecule has 96 valence electrons. The largest absolute Gasteiger partial charge is 0.396 e. The second-order valence-corrected chi connectivity index (χ2v) is 4.71. The van der Waals surface area contributed by atoms with E-state index in [2.05, 4.69) is 23.9 Å². The lowest BCUT2D eigenvalue weighted by molar-refractivity contribution is 0.261. The van der Waals surface area contributed by atoms with Crippen LogP contribution in [0.25, 0.3) is 0 Å². The Morgan fingerprint density at radius 2 is 1.94 bits per heavy atom. The summed E-state index contributed by atoms with van der Waals surface area (Å²) in [5.74, 6) is 1.00. The molecule has 1 aromatic carbocycles. The SMILES string of the molecule is CC(C)n1ncnc1CC(CO)c1ccccc1. The number of hydrogen-bond acceptors (Lipinski definition) is 3. The van der Waals surface area contributed by atoms with Gasteiger partial charge in [-0.3, -0.25) is 0 Å². The molecule has 4 heteroatoms. The first-order valence-electron chi connectivity index (χ1n) is 6.26. The van der Waals surface area contributed by atoms with E-state index in [1.807, 2.05) is 35.0 Å². The standard InChI is InChI=1S/C14H19N3O/c1-11(2)17-14(15-10-16-17)8-13(9-18)12-6-4-3-5-7-12/h3-7,10-11,13,18H,8-9H2,1-2H3. The molecule has 1 heterocycles. The Morgan fingerprint density at radius 3 is 2.56 bits per heavy atom. The van der Waals surface area contributed by atoms with Crippen LogP contribution in [-0.4, -0.2) is 26.5 Å². The molecule has 0 spiro atoms. The monoisotopic (exact) mass is 245 g/mol. The topological polar surface area (TPSA) is 50.9 Å². The highest BCUT2D eigenvalue weighted by Gasteiger charge is 2.16. The fraction of sp³-hybridized carbons (Fsp3) is 0.429. The summed E-state index contributed by atoms with van der Waals surface area (Å²) in [6.45, 7) is 4.28. The van der Waals surface area contributed by atoms with Crippen LogP contribution < -0.4 is 0 Å². The fourth-order valence-electron chi connectivity index (χ4n) is 2.08. The quantitative estimate of drug-likeness (QED) is 0.878. The molecule has 2 rings (SSSR count). The van der Waals surface area contributed by atoms with Crippen molar-refractivity contribution in [2.45, 2.75) is 32.2 Å². The Morgan fingerprint density at radius 1 is 1.22 bits per heavy atom. The highest BCUT2D eigenvalue weighted by molar-refractivity contribution is 5.20. The molecular formula is C14H19N3O. The normalized spacial score (nSPS) is 12.9. The van der Waals surface area contributed by atoms with Crippen molar-refractivity contribution in [3.63, 3.8) is 0 Å². The molecule has 1 N–H and O–H groups in total. The van der Waals surface area contributed by atoms with Crippen molar-refractivity contribution in [1.82, 2.24) is 14.8 Å². The van der Waals surface area contributed by atoms with Crippen LogP contribution in [0.3, 0.4) is 0 Å². The first-order chi connectivity index (χ1) is 8.72. The van der Waals surface area contributed by atoms with Gasteiger partial charge in [-0.05, 0) is 19.4 Å². The van der Waals surface area contributed by atoms with Crippen LogP contribution in [0.2, 0.25) is 0 Å². The van der Waals surface area contributed by atoms with E-state index >= 15 is 0 Å². The Hall–Kier alpha value is -1.68. The van der Waals surface area contributed by atoms with E-state index < -0.39 is 0 Å². The average molecular weight is 245 g/mol. The van der Waals surface area contributed by atoms with Gasteiger partial charge in [0.2, 0.25) is 0 Å². The van der Waals surface area contributed by atoms with E-state index in [0.717, 1.165) is 11.4 Å². The number of nitrogens with zero attached hydrogens (tertiary/aromatic N) is 3. The van der Waals surface area contributed by atoms with E-state index in [1.165, 1.54) is 0 Å². The zero-order chi connectivity index (χ0) is 13.0. The van der Waals surface area contributed by atoms with E-state index in [4.69, 9.17) is 0 Å². The van der Waals surface area contributed by atoms with Crippen LogP contribution in [0.1, 0.15) is 37.2 Å². The van der Waals surface area contributed by atoms with E-state index in [0.29, 0.717) is 6.42 Å². The number of hydrogen-bond donors (Lipinski definition) is 1. The predicted molar refractivity (Wildman–Crippen MR) is 70.4 cm³/mol. The molecular weight excluding hydrogens is 226 g/mol. The zero-order valence-corrected chi connectivity index (χ0v) is 10.8. The Labute approximate surface area is 107 Å². The molecule has 0 aliphatic carbocycles. The Kier molecular flexibility index (Phi) is 4.10. The molecule has 0 fully saturated rings. The minimum atomic E-state index is 0.0768. The van der Waals surface area contributed by atoms with Crippen LogP contribution in [0, 0.1) is 0 Å². The van der Waals surface area contributed by atoms with Crippen LogP contribution >= 0.6 is 0 Å². The maximum absolute atomic E-state index is 9.55. The lowest BCUT2D eigenvalue weighted by Crippen LogP contribution is -2.14. The highest BCUT2D eigenvalue weighted by Crippen LogP contribution is 2.20. The van der Waals surface area contributed by atoms with Gasteiger partial charge in [0, 0.05) is 18.4 Å². The smallest absolute Gasteiger partial charge is 0.138 e. The van der Waals surface area contributed by atoms with Gasteiger partial charge in [-0.2, -0.15) is 5.10 Å². The molecule has 0 radical (unpaired) electrons. The van der Waals surface area contributed by atoms with E-state index in [1.54, 1.807) is 6.33 Å². The lowest BCUT2D eigenvalue weighted by Gasteiger charge is -2.16. The fourth-order valence-corrected chi connectivity index (χ4v) is 2.08. The maximum atomic E-state index is 9.55. The average Bonchev–Trinajstić information content (AvgIpc) is 2.85. The van der Waals surface area contributed by atoms with Gasteiger partial charge in [0.1, 0.15) is 12.2 Å². The van der Waals surface area contributed by atoms with Crippen molar-refractivity contribution in [2.75, 3.05) is 6.61 Å². The zero-order valence-electron chi connectivity index (χ0n) is 10.8. The van der Waals surface area contributed by atoms with Crippen molar-refractivity contribution < 1.29 is 5.11 Å². The van der Waals surface area contributed by atoms with Gasteiger partial charge in [0.25, 0.3) is 0 Å². The lowest BCUT2D eigenvalue weighted by atomic mass is 9.96. The summed E-state index contributed by atoms with van der Waals surface area (Å²) >= 11 is 0. The number of rotatable bonds is 5. The molecule has 0 aliphatic rings. The van der Waals surface area contributed by atoms with Crippen molar-refractivity contribution in [2.24, 2.45) is 0 Å². The molecule has 0 amide bonds. The van der Waals surface area contributed by atoms with Gasteiger partial charge < -0.3 is 5.11 Å². The first-order valence-corrected chi connectivity index (χ1v) is 6.26. The molecule has 1 aromatic heterocycles. The number of aliphatic hydroxyl groups excluding tert-OH is 1. The summed E-state index contributed by atoms with van der Waals surface area (Å²) < 4.78 is 1.91. The van der Waals surface area contributed by atoms with Crippen LogP contribution in [0.5, 0.6) is 0 Å². The maximum Gasteiger partial charge on any atom is 0.138 e. The van der Waals surface area contributed by atoms with Gasteiger partial charge >= 0.3 is 0 Å². The molecule has 2 aromatic rings. The van der Waals surface area contributed by atoms with Gasteiger partial charge in [0.15, 0.2) is 0 Å². The minimum absolute atomic E-state index is 0.0768. The second kappa shape index (κ2) is 5.78.